The molecule has 2 rings (SSSR count). The van der Waals surface area contributed by atoms with Gasteiger partial charge in [0.15, 0.2) is 0 Å². The van der Waals surface area contributed by atoms with E-state index in [1.54, 1.807) is 6.07 Å². The first-order valence-electron chi connectivity index (χ1n) is 6.08. The molecule has 1 fully saturated rings. The lowest BCUT2D eigenvalue weighted by atomic mass is 9.82. The molecule has 0 saturated carbocycles. The topological polar surface area (TPSA) is 71.4 Å². The van der Waals surface area contributed by atoms with Crippen molar-refractivity contribution in [1.82, 2.24) is 0 Å². The van der Waals surface area contributed by atoms with Gasteiger partial charge in [0.05, 0.1) is 17.4 Å². The summed E-state index contributed by atoms with van der Waals surface area (Å²) in [5.74, 6) is -3.21. The fraction of sp³-hybridized carbons (Fsp3) is 0.462. The maximum Gasteiger partial charge on any atom is 0.307 e. The molecule has 0 amide bonds. The zero-order valence-electron chi connectivity index (χ0n) is 10.3. The highest BCUT2D eigenvalue weighted by molar-refractivity contribution is 7.91. The number of hydrogen-bond acceptors (Lipinski definition) is 3. The highest BCUT2D eigenvalue weighted by Crippen LogP contribution is 2.35. The monoisotopic (exact) mass is 286 g/mol. The van der Waals surface area contributed by atoms with Crippen LogP contribution in [0.5, 0.6) is 0 Å². The third-order valence-corrected chi connectivity index (χ3v) is 5.30. The number of carboxylic acids is 1. The molecule has 2 atom stereocenters. The van der Waals surface area contributed by atoms with Crippen LogP contribution in [-0.4, -0.2) is 31.0 Å². The molecule has 0 aliphatic carbocycles. The van der Waals surface area contributed by atoms with Crippen LogP contribution in [0.4, 0.5) is 4.39 Å². The Labute approximate surface area is 111 Å². The Morgan fingerprint density at radius 1 is 1.21 bits per heavy atom. The molecule has 1 saturated heterocycles. The molecule has 104 valence electrons. The van der Waals surface area contributed by atoms with Crippen molar-refractivity contribution in [1.29, 1.82) is 0 Å². The molecule has 0 spiro atoms. The Kier molecular flexibility index (Phi) is 3.89. The summed E-state index contributed by atoms with van der Waals surface area (Å²) in [6, 6.07) is 5.97. The first kappa shape index (κ1) is 14.0. The highest BCUT2D eigenvalue weighted by Gasteiger charge is 2.35. The zero-order valence-corrected chi connectivity index (χ0v) is 11.1. The first-order chi connectivity index (χ1) is 8.91. The Hall–Kier alpha value is -1.43. The molecule has 1 aromatic rings. The van der Waals surface area contributed by atoms with Crippen LogP contribution in [0.25, 0.3) is 0 Å². The van der Waals surface area contributed by atoms with Gasteiger partial charge in [-0.2, -0.15) is 0 Å². The minimum Gasteiger partial charge on any atom is -0.481 e. The SMILES string of the molecule is O=C(O)C1CCS(=O)(=O)CCC1c1ccccc1F. The van der Waals surface area contributed by atoms with E-state index in [-0.39, 0.29) is 24.3 Å². The molecule has 0 radical (unpaired) electrons. The van der Waals surface area contributed by atoms with E-state index in [1.165, 1.54) is 18.2 Å². The maximum atomic E-state index is 13.8. The van der Waals surface area contributed by atoms with E-state index in [2.05, 4.69) is 0 Å². The molecule has 0 aromatic heterocycles. The number of carboxylic acid groups (broad SMARTS) is 1. The van der Waals surface area contributed by atoms with Crippen LogP contribution in [0, 0.1) is 11.7 Å². The second-order valence-corrected chi connectivity index (χ2v) is 7.11. The molecule has 1 N–H and O–H groups in total. The normalized spacial score (nSPS) is 26.6. The largest absolute Gasteiger partial charge is 0.481 e. The van der Waals surface area contributed by atoms with E-state index in [0.717, 1.165) is 0 Å². The van der Waals surface area contributed by atoms with Gasteiger partial charge in [-0.1, -0.05) is 18.2 Å². The summed E-state index contributed by atoms with van der Waals surface area (Å²) >= 11 is 0. The number of benzene rings is 1. The minimum absolute atomic E-state index is 0.0384. The number of aliphatic carboxylic acids is 1. The van der Waals surface area contributed by atoms with Gasteiger partial charge in [0.25, 0.3) is 0 Å². The molecule has 1 aliphatic rings. The van der Waals surface area contributed by atoms with Gasteiger partial charge in [-0.25, -0.2) is 12.8 Å². The van der Waals surface area contributed by atoms with Crippen molar-refractivity contribution >= 4 is 15.8 Å². The van der Waals surface area contributed by atoms with Gasteiger partial charge < -0.3 is 5.11 Å². The summed E-state index contributed by atoms with van der Waals surface area (Å²) < 4.78 is 37.0. The third-order valence-electron chi connectivity index (χ3n) is 3.59. The van der Waals surface area contributed by atoms with Crippen LogP contribution in [0.15, 0.2) is 24.3 Å². The number of rotatable bonds is 2. The van der Waals surface area contributed by atoms with Crippen LogP contribution in [0.2, 0.25) is 0 Å². The fourth-order valence-corrected chi connectivity index (χ4v) is 3.99. The summed E-state index contributed by atoms with van der Waals surface area (Å²) in [5.41, 5.74) is 0.298. The molecule has 4 nitrogen and oxygen atoms in total. The van der Waals surface area contributed by atoms with Gasteiger partial charge in [0.2, 0.25) is 0 Å². The number of carbonyl (C=O) groups is 1. The second kappa shape index (κ2) is 5.28. The van der Waals surface area contributed by atoms with Crippen molar-refractivity contribution in [3.63, 3.8) is 0 Å². The Morgan fingerprint density at radius 3 is 2.47 bits per heavy atom. The van der Waals surface area contributed by atoms with Crippen LogP contribution in [0.3, 0.4) is 0 Å². The van der Waals surface area contributed by atoms with E-state index in [4.69, 9.17) is 0 Å². The van der Waals surface area contributed by atoms with Crippen molar-refractivity contribution in [2.45, 2.75) is 18.8 Å². The van der Waals surface area contributed by atoms with Gasteiger partial charge in [0.1, 0.15) is 15.7 Å². The predicted molar refractivity (Wildman–Crippen MR) is 68.2 cm³/mol. The van der Waals surface area contributed by atoms with Crippen molar-refractivity contribution in [2.24, 2.45) is 5.92 Å². The molecular weight excluding hydrogens is 271 g/mol. The van der Waals surface area contributed by atoms with Gasteiger partial charge >= 0.3 is 5.97 Å². The lowest BCUT2D eigenvalue weighted by molar-refractivity contribution is -0.142. The molecule has 1 heterocycles. The summed E-state index contributed by atoms with van der Waals surface area (Å²) in [7, 11) is -3.23. The smallest absolute Gasteiger partial charge is 0.307 e. The Morgan fingerprint density at radius 2 is 1.84 bits per heavy atom. The van der Waals surface area contributed by atoms with Gasteiger partial charge in [-0.15, -0.1) is 0 Å². The molecule has 19 heavy (non-hydrogen) atoms. The van der Waals surface area contributed by atoms with Crippen LogP contribution in [-0.2, 0) is 14.6 Å². The van der Waals surface area contributed by atoms with Crippen molar-refractivity contribution < 1.29 is 22.7 Å². The van der Waals surface area contributed by atoms with Crippen LogP contribution in [0.1, 0.15) is 24.3 Å². The van der Waals surface area contributed by atoms with Gasteiger partial charge in [-0.3, -0.25) is 4.79 Å². The highest BCUT2D eigenvalue weighted by atomic mass is 32.2. The Bertz CT molecular complexity index is 582. The van der Waals surface area contributed by atoms with E-state index >= 15 is 0 Å². The van der Waals surface area contributed by atoms with Crippen LogP contribution < -0.4 is 0 Å². The van der Waals surface area contributed by atoms with Crippen molar-refractivity contribution in [2.75, 3.05) is 11.5 Å². The third kappa shape index (κ3) is 3.12. The lowest BCUT2D eigenvalue weighted by Gasteiger charge is -2.21. The number of halogens is 1. The van der Waals surface area contributed by atoms with Gasteiger partial charge in [-0.05, 0) is 24.5 Å². The van der Waals surface area contributed by atoms with E-state index in [0.29, 0.717) is 5.56 Å². The average molecular weight is 286 g/mol. The van der Waals surface area contributed by atoms with E-state index in [9.17, 15) is 22.7 Å². The summed E-state index contributed by atoms with van der Waals surface area (Å²) in [6.45, 7) is 0. The summed E-state index contributed by atoms with van der Waals surface area (Å²) in [4.78, 5) is 11.3. The lowest BCUT2D eigenvalue weighted by Crippen LogP contribution is -2.22. The number of hydrogen-bond donors (Lipinski definition) is 1. The first-order valence-corrected chi connectivity index (χ1v) is 7.90. The van der Waals surface area contributed by atoms with Crippen LogP contribution >= 0.6 is 0 Å². The minimum atomic E-state index is -3.23. The zero-order chi connectivity index (χ0) is 14.0. The maximum absolute atomic E-state index is 13.8. The predicted octanol–water partition coefficient (Wildman–Crippen LogP) is 1.82. The second-order valence-electron chi connectivity index (χ2n) is 4.80. The van der Waals surface area contributed by atoms with E-state index < -0.39 is 33.5 Å². The Balaban J connectivity index is 2.40. The van der Waals surface area contributed by atoms with E-state index in [1.807, 2.05) is 0 Å². The fourth-order valence-electron chi connectivity index (χ4n) is 2.56. The van der Waals surface area contributed by atoms with Crippen molar-refractivity contribution in [3.8, 4) is 0 Å². The quantitative estimate of drug-likeness (QED) is 0.900. The summed E-state index contributed by atoms with van der Waals surface area (Å²) in [6.07, 6.45) is 0.191. The van der Waals surface area contributed by atoms with Crippen molar-refractivity contribution in [3.05, 3.63) is 35.6 Å². The van der Waals surface area contributed by atoms with Gasteiger partial charge in [0, 0.05) is 5.92 Å². The molecule has 2 unspecified atom stereocenters. The number of sulfone groups is 1. The molecular formula is C13H15FO4S. The molecule has 1 aliphatic heterocycles. The molecule has 1 aromatic carbocycles. The molecule has 6 heteroatoms. The standard InChI is InChI=1S/C13H15FO4S/c14-12-4-2-1-3-10(12)9-5-7-19(17,18)8-6-11(9)13(15)16/h1-4,9,11H,5-8H2,(H,15,16). The molecule has 0 bridgehead atoms. The average Bonchev–Trinajstić information content (AvgIpc) is 2.49. The summed E-state index contributed by atoms with van der Waals surface area (Å²) in [5, 5.41) is 9.24.